The van der Waals surface area contributed by atoms with Crippen molar-refractivity contribution in [3.05, 3.63) is 59.0 Å². The van der Waals surface area contributed by atoms with E-state index >= 15 is 0 Å². The summed E-state index contributed by atoms with van der Waals surface area (Å²) in [7, 11) is 0. The topological polar surface area (TPSA) is 68.5 Å². The number of amides is 1. The normalized spacial score (nSPS) is 11.8. The Kier molecular flexibility index (Phi) is 5.57. The van der Waals surface area contributed by atoms with Crippen LogP contribution in [0.3, 0.4) is 0 Å². The van der Waals surface area contributed by atoms with Crippen molar-refractivity contribution in [3.8, 4) is 0 Å². The maximum atomic E-state index is 11.8. The number of furan rings is 1. The quantitative estimate of drug-likeness (QED) is 0.832. The summed E-state index contributed by atoms with van der Waals surface area (Å²) in [5.41, 5.74) is 3.18. The van der Waals surface area contributed by atoms with Crippen molar-refractivity contribution in [1.29, 1.82) is 0 Å². The maximum absolute atomic E-state index is 11.8. The average Bonchev–Trinajstić information content (AvgIpc) is 3.03. The Hall–Kier alpha value is -2.56. The van der Waals surface area contributed by atoms with Crippen LogP contribution in [0.2, 0.25) is 0 Å². The molecule has 122 valence electrons. The molecule has 0 spiro atoms. The van der Waals surface area contributed by atoms with Crippen LogP contribution in [0.4, 0.5) is 0 Å². The van der Waals surface area contributed by atoms with Gasteiger partial charge in [-0.1, -0.05) is 18.2 Å². The lowest BCUT2D eigenvalue weighted by molar-refractivity contribution is -0.148. The highest BCUT2D eigenvalue weighted by molar-refractivity contribution is 5.81. The van der Waals surface area contributed by atoms with Crippen molar-refractivity contribution in [1.82, 2.24) is 5.32 Å². The molecule has 0 bridgehead atoms. The predicted molar refractivity (Wildman–Crippen MR) is 85.8 cm³/mol. The molecule has 0 saturated carbocycles. The summed E-state index contributed by atoms with van der Waals surface area (Å²) in [4.78, 5) is 23.6. The molecule has 0 aliphatic carbocycles. The van der Waals surface area contributed by atoms with Gasteiger partial charge in [0.25, 0.3) is 5.91 Å². The Balaban J connectivity index is 1.77. The Morgan fingerprint density at radius 3 is 2.65 bits per heavy atom. The van der Waals surface area contributed by atoms with Crippen molar-refractivity contribution < 1.29 is 18.7 Å². The first kappa shape index (κ1) is 16.8. The molecule has 2 rings (SSSR count). The molecule has 5 nitrogen and oxygen atoms in total. The van der Waals surface area contributed by atoms with E-state index in [1.54, 1.807) is 25.3 Å². The summed E-state index contributed by atoms with van der Waals surface area (Å²) < 4.78 is 10.2. The molecule has 0 aliphatic heterocycles. The Morgan fingerprint density at radius 2 is 2.00 bits per heavy atom. The minimum absolute atomic E-state index is 0.155. The number of ether oxygens (including phenoxy) is 1. The van der Waals surface area contributed by atoms with Gasteiger partial charge in [-0.25, -0.2) is 0 Å². The zero-order chi connectivity index (χ0) is 16.8. The third-order valence-electron chi connectivity index (χ3n) is 3.63. The second-order valence-electron chi connectivity index (χ2n) is 5.56. The van der Waals surface area contributed by atoms with Crippen LogP contribution >= 0.6 is 0 Å². The van der Waals surface area contributed by atoms with Gasteiger partial charge in [-0.15, -0.1) is 0 Å². The number of carbonyl (C=O) groups is 2. The highest BCUT2D eigenvalue weighted by atomic mass is 16.5. The average molecular weight is 315 g/mol. The van der Waals surface area contributed by atoms with E-state index in [4.69, 9.17) is 9.15 Å². The zero-order valence-corrected chi connectivity index (χ0v) is 13.6. The number of esters is 1. The van der Waals surface area contributed by atoms with Gasteiger partial charge in [0.2, 0.25) is 0 Å². The monoisotopic (exact) mass is 315 g/mol. The van der Waals surface area contributed by atoms with Crippen molar-refractivity contribution in [2.45, 2.75) is 33.2 Å². The highest BCUT2D eigenvalue weighted by Crippen LogP contribution is 2.12. The van der Waals surface area contributed by atoms with Crippen LogP contribution < -0.4 is 5.32 Å². The van der Waals surface area contributed by atoms with Crippen molar-refractivity contribution in [2.75, 3.05) is 6.61 Å². The van der Waals surface area contributed by atoms with Gasteiger partial charge in [0.1, 0.15) is 5.76 Å². The van der Waals surface area contributed by atoms with Crippen LogP contribution in [-0.2, 0) is 20.7 Å². The van der Waals surface area contributed by atoms with Crippen LogP contribution in [0.5, 0.6) is 0 Å². The molecular weight excluding hydrogens is 294 g/mol. The minimum atomic E-state index is -0.422. The second kappa shape index (κ2) is 7.63. The first-order valence-electron chi connectivity index (χ1n) is 7.50. The highest BCUT2D eigenvalue weighted by Gasteiger charge is 2.14. The van der Waals surface area contributed by atoms with E-state index in [0.717, 1.165) is 11.1 Å². The van der Waals surface area contributed by atoms with Gasteiger partial charge >= 0.3 is 5.97 Å². The predicted octanol–water partition coefficient (Wildman–Crippen LogP) is 2.86. The molecule has 1 amide bonds. The number of benzene rings is 1. The second-order valence-corrected chi connectivity index (χ2v) is 5.56. The summed E-state index contributed by atoms with van der Waals surface area (Å²) in [5.74, 6) is -0.129. The van der Waals surface area contributed by atoms with E-state index < -0.39 is 5.97 Å². The minimum Gasteiger partial charge on any atom is -0.467 e. The molecule has 0 aliphatic rings. The third-order valence-corrected chi connectivity index (χ3v) is 3.63. The van der Waals surface area contributed by atoms with Gasteiger partial charge in [-0.05, 0) is 49.6 Å². The van der Waals surface area contributed by atoms with E-state index in [2.05, 4.69) is 5.32 Å². The molecule has 23 heavy (non-hydrogen) atoms. The Labute approximate surface area is 135 Å². The van der Waals surface area contributed by atoms with Crippen LogP contribution in [-0.4, -0.2) is 18.5 Å². The van der Waals surface area contributed by atoms with E-state index in [0.29, 0.717) is 5.76 Å². The SMILES string of the molecule is Cc1ccc(CC(=O)OCC(=O)N[C@H](C)c2ccco2)cc1C. The van der Waals surface area contributed by atoms with E-state index in [1.807, 2.05) is 32.0 Å². The van der Waals surface area contributed by atoms with Crippen molar-refractivity contribution >= 4 is 11.9 Å². The van der Waals surface area contributed by atoms with Crippen LogP contribution in [0, 0.1) is 13.8 Å². The number of hydrogen-bond donors (Lipinski definition) is 1. The van der Waals surface area contributed by atoms with E-state index in [-0.39, 0.29) is 25.0 Å². The summed E-state index contributed by atoms with van der Waals surface area (Å²) in [6.45, 7) is 5.51. The zero-order valence-electron chi connectivity index (χ0n) is 13.6. The number of aryl methyl sites for hydroxylation is 2. The van der Waals surface area contributed by atoms with Gasteiger partial charge in [-0.2, -0.15) is 0 Å². The number of rotatable bonds is 6. The molecule has 1 aromatic heterocycles. The molecule has 1 aromatic carbocycles. The number of carbonyl (C=O) groups excluding carboxylic acids is 2. The van der Waals surface area contributed by atoms with Crippen LogP contribution in [0.1, 0.15) is 35.4 Å². The van der Waals surface area contributed by atoms with Gasteiger partial charge in [-0.3, -0.25) is 9.59 Å². The molecule has 0 radical (unpaired) electrons. The maximum Gasteiger partial charge on any atom is 0.310 e. The molecule has 0 fully saturated rings. The lowest BCUT2D eigenvalue weighted by Crippen LogP contribution is -2.31. The number of hydrogen-bond acceptors (Lipinski definition) is 4. The third kappa shape index (κ3) is 4.98. The summed E-state index contributed by atoms with van der Waals surface area (Å²) in [5, 5.41) is 2.71. The number of nitrogens with one attached hydrogen (secondary N) is 1. The summed E-state index contributed by atoms with van der Waals surface area (Å²) in [6.07, 6.45) is 1.70. The lowest BCUT2D eigenvalue weighted by Gasteiger charge is -2.11. The lowest BCUT2D eigenvalue weighted by atomic mass is 10.0. The molecule has 5 heteroatoms. The van der Waals surface area contributed by atoms with Crippen LogP contribution in [0.25, 0.3) is 0 Å². The molecule has 1 heterocycles. The fourth-order valence-electron chi connectivity index (χ4n) is 2.17. The largest absolute Gasteiger partial charge is 0.467 e. The van der Waals surface area contributed by atoms with Gasteiger partial charge in [0.05, 0.1) is 18.7 Å². The molecule has 1 N–H and O–H groups in total. The molecule has 2 aromatic rings. The van der Waals surface area contributed by atoms with Gasteiger partial charge in [0.15, 0.2) is 6.61 Å². The smallest absolute Gasteiger partial charge is 0.310 e. The molecular formula is C18H21NO4. The Bertz CT molecular complexity index is 676. The summed E-state index contributed by atoms with van der Waals surface area (Å²) in [6, 6.07) is 9.07. The fourth-order valence-corrected chi connectivity index (χ4v) is 2.17. The van der Waals surface area contributed by atoms with Crippen LogP contribution in [0.15, 0.2) is 41.0 Å². The Morgan fingerprint density at radius 1 is 1.22 bits per heavy atom. The molecule has 0 unspecified atom stereocenters. The first-order chi connectivity index (χ1) is 11.0. The van der Waals surface area contributed by atoms with Crippen molar-refractivity contribution in [3.63, 3.8) is 0 Å². The van der Waals surface area contributed by atoms with Gasteiger partial charge in [0, 0.05) is 0 Å². The summed E-state index contributed by atoms with van der Waals surface area (Å²) >= 11 is 0. The fraction of sp³-hybridized carbons (Fsp3) is 0.333. The molecule has 0 saturated heterocycles. The van der Waals surface area contributed by atoms with E-state index in [1.165, 1.54) is 5.56 Å². The van der Waals surface area contributed by atoms with E-state index in [9.17, 15) is 9.59 Å². The van der Waals surface area contributed by atoms with Gasteiger partial charge < -0.3 is 14.5 Å². The first-order valence-corrected chi connectivity index (χ1v) is 7.50. The van der Waals surface area contributed by atoms with Crippen molar-refractivity contribution in [2.24, 2.45) is 0 Å². The molecule has 1 atom stereocenters. The standard InChI is InChI=1S/C18H21NO4/c1-12-6-7-15(9-13(12)2)10-18(21)23-11-17(20)19-14(3)16-5-4-8-22-16/h4-9,14H,10-11H2,1-3H3,(H,19,20)/t14-/m1/s1.